The summed E-state index contributed by atoms with van der Waals surface area (Å²) < 4.78 is 26.3. The van der Waals surface area contributed by atoms with E-state index in [2.05, 4.69) is 0 Å². The predicted octanol–water partition coefficient (Wildman–Crippen LogP) is -0.312. The highest BCUT2D eigenvalue weighted by Gasteiger charge is 2.41. The average Bonchev–Trinajstić information content (AvgIpc) is 2.47. The number of hydrogen-bond acceptors (Lipinski definition) is 6. The van der Waals surface area contributed by atoms with Crippen molar-refractivity contribution >= 4 is 24.1 Å². The summed E-state index contributed by atoms with van der Waals surface area (Å²) in [6.45, 7) is 0.483. The first kappa shape index (κ1) is 19.5. The van der Waals surface area contributed by atoms with Crippen molar-refractivity contribution in [3.63, 3.8) is 0 Å². The van der Waals surface area contributed by atoms with Crippen molar-refractivity contribution in [1.29, 1.82) is 0 Å². The zero-order valence-electron chi connectivity index (χ0n) is 12.9. The molecule has 2 N–H and O–H groups in total. The molecule has 2 amide bonds. The molecule has 20 heavy (non-hydrogen) atoms. The Balaban J connectivity index is 4.47. The van der Waals surface area contributed by atoms with Gasteiger partial charge in [0.2, 0.25) is 0 Å². The van der Waals surface area contributed by atoms with E-state index >= 15 is 0 Å². The number of primary amides is 1. The Morgan fingerprint density at radius 3 is 1.95 bits per heavy atom. The van der Waals surface area contributed by atoms with Gasteiger partial charge < -0.3 is 32.8 Å². The van der Waals surface area contributed by atoms with Gasteiger partial charge in [0.05, 0.1) is 6.17 Å². The summed E-state index contributed by atoms with van der Waals surface area (Å²) in [4.78, 5) is 13.0. The highest BCUT2D eigenvalue weighted by Crippen LogP contribution is 2.10. The third-order valence-corrected chi connectivity index (χ3v) is 7.59. The van der Waals surface area contributed by atoms with Gasteiger partial charge in [-0.25, -0.2) is 4.79 Å². The van der Waals surface area contributed by atoms with Gasteiger partial charge in [-0.15, -0.1) is 0 Å². The smallest absolute Gasteiger partial charge is 0.400 e. The fourth-order valence-electron chi connectivity index (χ4n) is 1.73. The lowest BCUT2D eigenvalue weighted by molar-refractivity contribution is 0.107. The third-order valence-electron chi connectivity index (χ3n) is 3.02. The van der Waals surface area contributed by atoms with Gasteiger partial charge in [0.25, 0.3) is 0 Å². The number of urea groups is 1. The molecule has 0 saturated heterocycles. The molecule has 0 saturated carbocycles. The lowest BCUT2D eigenvalue weighted by Crippen LogP contribution is -2.56. The molecule has 120 valence electrons. The topological polar surface area (TPSA) is 92.5 Å². The van der Waals surface area contributed by atoms with E-state index in [0.29, 0.717) is 6.54 Å². The van der Waals surface area contributed by atoms with E-state index in [1.54, 1.807) is 14.2 Å². The van der Waals surface area contributed by atoms with Crippen LogP contribution in [0, 0.1) is 0 Å². The maximum atomic E-state index is 11.5. The Labute approximate surface area is 123 Å². The molecule has 8 nitrogen and oxygen atoms in total. The normalized spacial score (nSPS) is 11.9. The predicted molar refractivity (Wildman–Crippen MR) is 78.5 cm³/mol. The van der Waals surface area contributed by atoms with E-state index in [9.17, 15) is 4.79 Å². The van der Waals surface area contributed by atoms with Crippen LogP contribution in [0.1, 0.15) is 6.42 Å². The van der Waals surface area contributed by atoms with E-state index < -0.39 is 24.1 Å². The summed E-state index contributed by atoms with van der Waals surface area (Å²) in [5.41, 5.74) is 5.38. The lowest BCUT2D eigenvalue weighted by atomic mass is 10.4. The number of hydrogen-bond donors (Lipinski definition) is 1. The zero-order chi connectivity index (χ0) is 15.6. The maximum Gasteiger partial charge on any atom is 0.520 e. The first-order chi connectivity index (χ1) is 9.48. The zero-order valence-corrected chi connectivity index (χ0v) is 15.0. The molecule has 0 aliphatic rings. The first-order valence-corrected chi connectivity index (χ1v) is 9.93. The van der Waals surface area contributed by atoms with Crippen LogP contribution in [-0.2, 0) is 22.1 Å². The first-order valence-electron chi connectivity index (χ1n) is 6.24. The van der Waals surface area contributed by atoms with Crippen molar-refractivity contribution in [2.24, 2.45) is 5.73 Å². The average molecular weight is 326 g/mol. The van der Waals surface area contributed by atoms with Crippen LogP contribution >= 0.6 is 0 Å². The van der Waals surface area contributed by atoms with E-state index in [1.807, 2.05) is 0 Å². The number of nitrogens with two attached hydrogens (primary N) is 1. The molecule has 0 rings (SSSR count). The van der Waals surface area contributed by atoms with Gasteiger partial charge in [0.15, 0.2) is 0 Å². The fraction of sp³-hybridized carbons (Fsp3) is 0.900. The summed E-state index contributed by atoms with van der Waals surface area (Å²) in [6.07, 6.45) is 0.959. The molecule has 0 atom stereocenters. The SMILES string of the molecule is CO[SiH](CCCN(C[Si](OC)(OC)OC)C(N)=O)OC. The molecular weight excluding hydrogens is 300 g/mol. The van der Waals surface area contributed by atoms with Gasteiger partial charge in [0.1, 0.15) is 0 Å². The van der Waals surface area contributed by atoms with Crippen LogP contribution in [0.15, 0.2) is 0 Å². The molecule has 0 fully saturated rings. The van der Waals surface area contributed by atoms with Crippen molar-refractivity contribution < 1.29 is 26.9 Å². The summed E-state index contributed by atoms with van der Waals surface area (Å²) in [6, 6.07) is 0.263. The van der Waals surface area contributed by atoms with Crippen molar-refractivity contribution in [2.45, 2.75) is 12.5 Å². The summed E-state index contributed by atoms with van der Waals surface area (Å²) >= 11 is 0. The van der Waals surface area contributed by atoms with Crippen LogP contribution in [0.4, 0.5) is 4.79 Å². The molecular formula is C10H26N2O6Si2. The van der Waals surface area contributed by atoms with E-state index in [1.165, 1.54) is 26.2 Å². The largest absolute Gasteiger partial charge is 0.520 e. The maximum absolute atomic E-state index is 11.5. The van der Waals surface area contributed by atoms with E-state index in [0.717, 1.165) is 12.5 Å². The molecule has 0 unspecified atom stereocenters. The number of carbonyl (C=O) groups is 1. The minimum Gasteiger partial charge on any atom is -0.400 e. The van der Waals surface area contributed by atoms with E-state index in [4.69, 9.17) is 27.9 Å². The van der Waals surface area contributed by atoms with Crippen LogP contribution in [-0.4, -0.2) is 77.3 Å². The monoisotopic (exact) mass is 326 g/mol. The van der Waals surface area contributed by atoms with E-state index in [-0.39, 0.29) is 6.17 Å². The third kappa shape index (κ3) is 6.30. The minimum atomic E-state index is -2.86. The molecule has 10 heteroatoms. The van der Waals surface area contributed by atoms with Gasteiger partial charge >= 0.3 is 24.1 Å². The van der Waals surface area contributed by atoms with Crippen LogP contribution in [0.25, 0.3) is 0 Å². The molecule has 0 aliphatic carbocycles. The van der Waals surface area contributed by atoms with Crippen molar-refractivity contribution in [1.82, 2.24) is 4.90 Å². The number of carbonyl (C=O) groups excluding carboxylic acids is 1. The Kier molecular flexibility index (Phi) is 10.0. The molecule has 0 bridgehead atoms. The van der Waals surface area contributed by atoms with Crippen molar-refractivity contribution in [3.8, 4) is 0 Å². The highest BCUT2D eigenvalue weighted by atomic mass is 28.4. The molecule has 0 aromatic rings. The molecule has 0 heterocycles. The Hall–Kier alpha value is -0.496. The van der Waals surface area contributed by atoms with Gasteiger partial charge in [-0.1, -0.05) is 0 Å². The molecule has 0 radical (unpaired) electrons. The van der Waals surface area contributed by atoms with Crippen molar-refractivity contribution in [3.05, 3.63) is 0 Å². The van der Waals surface area contributed by atoms with Crippen molar-refractivity contribution in [2.75, 3.05) is 48.3 Å². The van der Waals surface area contributed by atoms with Gasteiger partial charge in [-0.3, -0.25) is 0 Å². The molecule has 0 spiro atoms. The van der Waals surface area contributed by atoms with Crippen LogP contribution in [0.3, 0.4) is 0 Å². The quantitative estimate of drug-likeness (QED) is 0.524. The van der Waals surface area contributed by atoms with Crippen LogP contribution in [0.2, 0.25) is 6.04 Å². The molecule has 0 aromatic carbocycles. The van der Waals surface area contributed by atoms with Gasteiger partial charge in [-0.2, -0.15) is 0 Å². The molecule has 0 aromatic heterocycles. The van der Waals surface area contributed by atoms with Gasteiger partial charge in [-0.05, 0) is 12.5 Å². The second kappa shape index (κ2) is 10.3. The Morgan fingerprint density at radius 1 is 1.10 bits per heavy atom. The number of rotatable bonds is 11. The second-order valence-corrected chi connectivity index (χ2v) is 9.38. The lowest BCUT2D eigenvalue weighted by Gasteiger charge is -2.30. The minimum absolute atomic E-state index is 0.220. The van der Waals surface area contributed by atoms with Crippen LogP contribution < -0.4 is 5.73 Å². The standard InChI is InChI=1S/C10H26N2O6Si2/c1-14-19(15-2)8-6-7-12(10(11)13)9-20(16-3,17-4)18-5/h19H,6-9H2,1-5H3,(H2,11,13). The summed E-state index contributed by atoms with van der Waals surface area (Å²) in [7, 11) is 3.27. The molecule has 0 aliphatic heterocycles. The Bertz CT molecular complexity index is 268. The highest BCUT2D eigenvalue weighted by molar-refractivity contribution is 6.61. The number of nitrogens with zero attached hydrogens (tertiary/aromatic N) is 1. The Morgan fingerprint density at radius 2 is 1.60 bits per heavy atom. The van der Waals surface area contributed by atoms with Gasteiger partial charge in [0, 0.05) is 42.1 Å². The van der Waals surface area contributed by atoms with Crippen LogP contribution in [0.5, 0.6) is 0 Å². The second-order valence-electron chi connectivity index (χ2n) is 4.10. The summed E-state index contributed by atoms with van der Waals surface area (Å²) in [5, 5.41) is 0. The summed E-state index contributed by atoms with van der Waals surface area (Å²) in [5.74, 6) is 0. The fourth-order valence-corrected chi connectivity index (χ4v) is 4.57. The number of amides is 2.